The van der Waals surface area contributed by atoms with Gasteiger partial charge >= 0.3 is 12.0 Å². The van der Waals surface area contributed by atoms with Crippen LogP contribution < -0.4 is 10.1 Å². The fourth-order valence-electron chi connectivity index (χ4n) is 1.64. The van der Waals surface area contributed by atoms with E-state index in [0.717, 1.165) is 0 Å². The molecule has 1 unspecified atom stereocenters. The molecule has 20 heavy (non-hydrogen) atoms. The van der Waals surface area contributed by atoms with Gasteiger partial charge in [-0.25, -0.2) is 9.59 Å². The van der Waals surface area contributed by atoms with Crippen molar-refractivity contribution < 1.29 is 24.5 Å². The van der Waals surface area contributed by atoms with Crippen LogP contribution in [0.3, 0.4) is 0 Å². The van der Waals surface area contributed by atoms with Crippen LogP contribution in [0.1, 0.15) is 17.3 Å². The van der Waals surface area contributed by atoms with Crippen LogP contribution in [0.15, 0.2) is 18.2 Å². The van der Waals surface area contributed by atoms with Gasteiger partial charge in [0.15, 0.2) is 0 Å². The van der Waals surface area contributed by atoms with Crippen molar-refractivity contribution in [1.29, 1.82) is 0 Å². The van der Waals surface area contributed by atoms with Crippen molar-refractivity contribution >= 4 is 17.7 Å². The van der Waals surface area contributed by atoms with Crippen molar-refractivity contribution in [3.63, 3.8) is 0 Å². The minimum atomic E-state index is -1.11. The maximum Gasteiger partial charge on any atom is 0.339 e. The molecule has 7 heteroatoms. The molecule has 0 saturated heterocycles. The minimum absolute atomic E-state index is 0.0165. The number of carbonyl (C=O) groups excluding carboxylic acids is 1. The van der Waals surface area contributed by atoms with Crippen molar-refractivity contribution in [2.45, 2.75) is 13.0 Å². The molecule has 0 spiro atoms. The first-order valence-corrected chi connectivity index (χ1v) is 5.96. The number of hydrogen-bond donors (Lipinski definition) is 3. The molecule has 1 aromatic carbocycles. The van der Waals surface area contributed by atoms with Crippen LogP contribution in [0.2, 0.25) is 0 Å². The van der Waals surface area contributed by atoms with Crippen LogP contribution >= 0.6 is 0 Å². The lowest BCUT2D eigenvalue weighted by atomic mass is 10.2. The van der Waals surface area contributed by atoms with Gasteiger partial charge in [-0.05, 0) is 19.1 Å². The minimum Gasteiger partial charge on any atom is -0.496 e. The Hall–Kier alpha value is -2.28. The number of rotatable bonds is 5. The number of carboxylic acids is 1. The van der Waals surface area contributed by atoms with E-state index in [4.69, 9.17) is 9.84 Å². The summed E-state index contributed by atoms with van der Waals surface area (Å²) in [6.45, 7) is 1.77. The number of methoxy groups -OCH3 is 1. The zero-order chi connectivity index (χ0) is 15.3. The maximum atomic E-state index is 11.8. The normalized spacial score (nSPS) is 11.6. The first kappa shape index (κ1) is 15.8. The van der Waals surface area contributed by atoms with E-state index in [-0.39, 0.29) is 17.9 Å². The number of aliphatic hydroxyl groups is 1. The number of urea groups is 1. The van der Waals surface area contributed by atoms with Crippen LogP contribution in [0.25, 0.3) is 0 Å². The molecule has 0 bridgehead atoms. The molecule has 0 aliphatic heterocycles. The van der Waals surface area contributed by atoms with Crippen LogP contribution in [0, 0.1) is 0 Å². The number of anilines is 1. The highest BCUT2D eigenvalue weighted by Gasteiger charge is 2.14. The third-order valence-electron chi connectivity index (χ3n) is 2.57. The summed E-state index contributed by atoms with van der Waals surface area (Å²) in [6.07, 6.45) is -0.630. The highest BCUT2D eigenvalue weighted by Crippen LogP contribution is 2.23. The Labute approximate surface area is 116 Å². The van der Waals surface area contributed by atoms with Gasteiger partial charge < -0.3 is 25.2 Å². The fourth-order valence-corrected chi connectivity index (χ4v) is 1.64. The van der Waals surface area contributed by atoms with Gasteiger partial charge in [0, 0.05) is 25.3 Å². The molecule has 1 aromatic rings. The average molecular weight is 282 g/mol. The predicted octanol–water partition coefficient (Wildman–Crippen LogP) is 1.24. The highest BCUT2D eigenvalue weighted by atomic mass is 16.5. The highest BCUT2D eigenvalue weighted by molar-refractivity contribution is 5.94. The van der Waals surface area contributed by atoms with Crippen molar-refractivity contribution in [3.05, 3.63) is 23.8 Å². The Balaban J connectivity index is 2.83. The molecule has 0 aromatic heterocycles. The molecule has 0 aliphatic rings. The predicted molar refractivity (Wildman–Crippen MR) is 73.3 cm³/mol. The number of ether oxygens (including phenoxy) is 1. The Kier molecular flexibility index (Phi) is 5.33. The van der Waals surface area contributed by atoms with E-state index in [2.05, 4.69) is 5.32 Å². The standard InChI is InChI=1S/C13H18N2O5/c1-8(16)7-15(2)13(19)14-9-4-5-10(12(17)18)11(6-9)20-3/h4-6,8,16H,7H2,1-3H3,(H,14,19)(H,17,18). The van der Waals surface area contributed by atoms with Gasteiger partial charge in [0.05, 0.1) is 13.2 Å². The van der Waals surface area contributed by atoms with E-state index in [1.807, 2.05) is 0 Å². The van der Waals surface area contributed by atoms with Gasteiger partial charge in [-0.3, -0.25) is 0 Å². The lowest BCUT2D eigenvalue weighted by Gasteiger charge is -2.19. The second kappa shape index (κ2) is 6.76. The van der Waals surface area contributed by atoms with Crippen LogP contribution in [0.4, 0.5) is 10.5 Å². The molecule has 7 nitrogen and oxygen atoms in total. The second-order valence-corrected chi connectivity index (χ2v) is 4.38. The summed E-state index contributed by atoms with van der Waals surface area (Å²) in [7, 11) is 2.90. The molecule has 0 fully saturated rings. The number of hydrogen-bond acceptors (Lipinski definition) is 4. The summed E-state index contributed by atoms with van der Waals surface area (Å²) in [5.41, 5.74) is 0.428. The number of aliphatic hydroxyl groups excluding tert-OH is 1. The van der Waals surface area contributed by atoms with Crippen molar-refractivity contribution in [2.75, 3.05) is 26.0 Å². The number of aromatic carboxylic acids is 1. The Morgan fingerprint density at radius 1 is 1.45 bits per heavy atom. The van der Waals surface area contributed by atoms with Crippen LogP contribution in [-0.2, 0) is 0 Å². The first-order chi connectivity index (χ1) is 9.35. The van der Waals surface area contributed by atoms with Gasteiger partial charge in [0.1, 0.15) is 11.3 Å². The SMILES string of the molecule is COc1cc(NC(=O)N(C)CC(C)O)ccc1C(=O)O. The maximum absolute atomic E-state index is 11.8. The molecule has 0 radical (unpaired) electrons. The largest absolute Gasteiger partial charge is 0.496 e. The number of nitrogens with one attached hydrogen (secondary N) is 1. The third kappa shape index (κ3) is 4.13. The Morgan fingerprint density at radius 3 is 2.60 bits per heavy atom. The number of likely N-dealkylation sites (N-methyl/N-ethyl adjacent to an activating group) is 1. The number of nitrogens with zero attached hydrogens (tertiary/aromatic N) is 1. The molecule has 110 valence electrons. The number of amides is 2. The van der Waals surface area contributed by atoms with E-state index >= 15 is 0 Å². The zero-order valence-corrected chi connectivity index (χ0v) is 11.6. The molecule has 2 amide bonds. The summed E-state index contributed by atoms with van der Waals surface area (Å²) in [5, 5.41) is 20.8. The third-order valence-corrected chi connectivity index (χ3v) is 2.57. The van der Waals surface area contributed by atoms with E-state index in [1.54, 1.807) is 14.0 Å². The molecule has 0 heterocycles. The van der Waals surface area contributed by atoms with Crippen LogP contribution in [0.5, 0.6) is 5.75 Å². The van der Waals surface area contributed by atoms with E-state index in [1.165, 1.54) is 30.2 Å². The second-order valence-electron chi connectivity index (χ2n) is 4.38. The Morgan fingerprint density at radius 2 is 2.10 bits per heavy atom. The summed E-state index contributed by atoms with van der Waals surface area (Å²) in [5.74, 6) is -0.945. The smallest absolute Gasteiger partial charge is 0.339 e. The number of carboxylic acid groups (broad SMARTS) is 1. The summed E-state index contributed by atoms with van der Waals surface area (Å²) >= 11 is 0. The number of benzene rings is 1. The lowest BCUT2D eigenvalue weighted by Crippen LogP contribution is -2.36. The zero-order valence-electron chi connectivity index (χ0n) is 11.6. The molecule has 3 N–H and O–H groups in total. The topological polar surface area (TPSA) is 99.1 Å². The van der Waals surface area contributed by atoms with Gasteiger partial charge in [0.25, 0.3) is 0 Å². The van der Waals surface area contributed by atoms with Gasteiger partial charge in [-0.1, -0.05) is 0 Å². The first-order valence-electron chi connectivity index (χ1n) is 5.96. The van der Waals surface area contributed by atoms with Crippen LogP contribution in [-0.4, -0.2) is 53.9 Å². The summed E-state index contributed by atoms with van der Waals surface area (Å²) in [4.78, 5) is 24.1. The van der Waals surface area contributed by atoms with Gasteiger partial charge in [-0.2, -0.15) is 0 Å². The number of carbonyl (C=O) groups is 2. The molecular formula is C13H18N2O5. The molecule has 0 saturated carbocycles. The monoisotopic (exact) mass is 282 g/mol. The molecule has 1 atom stereocenters. The molecular weight excluding hydrogens is 264 g/mol. The quantitative estimate of drug-likeness (QED) is 0.754. The molecule has 1 rings (SSSR count). The Bertz CT molecular complexity index is 502. The van der Waals surface area contributed by atoms with E-state index in [0.29, 0.717) is 5.69 Å². The molecule has 0 aliphatic carbocycles. The lowest BCUT2D eigenvalue weighted by molar-refractivity contribution is 0.0693. The average Bonchev–Trinajstić information content (AvgIpc) is 2.37. The summed E-state index contributed by atoms with van der Waals surface area (Å²) in [6, 6.07) is 3.85. The van der Waals surface area contributed by atoms with Crippen molar-refractivity contribution in [3.8, 4) is 5.75 Å². The summed E-state index contributed by atoms with van der Waals surface area (Å²) < 4.78 is 4.97. The van der Waals surface area contributed by atoms with E-state index in [9.17, 15) is 14.7 Å². The van der Waals surface area contributed by atoms with Gasteiger partial charge in [-0.15, -0.1) is 0 Å². The van der Waals surface area contributed by atoms with E-state index < -0.39 is 18.1 Å². The van der Waals surface area contributed by atoms with Crippen molar-refractivity contribution in [2.24, 2.45) is 0 Å². The van der Waals surface area contributed by atoms with Gasteiger partial charge in [0.2, 0.25) is 0 Å². The van der Waals surface area contributed by atoms with Crippen molar-refractivity contribution in [1.82, 2.24) is 4.90 Å². The fraction of sp³-hybridized carbons (Fsp3) is 0.385.